The minimum Gasteiger partial charge on any atom is -0.352 e. The van der Waals surface area contributed by atoms with Gasteiger partial charge >= 0.3 is 0 Å². The molecule has 0 saturated heterocycles. The topological polar surface area (TPSA) is 86.8 Å². The van der Waals surface area contributed by atoms with E-state index in [1.807, 2.05) is 75.4 Å². The summed E-state index contributed by atoms with van der Waals surface area (Å²) in [4.78, 5) is 29.3. The van der Waals surface area contributed by atoms with Gasteiger partial charge in [0.2, 0.25) is 21.8 Å². The van der Waals surface area contributed by atoms with Crippen molar-refractivity contribution in [1.82, 2.24) is 10.2 Å². The molecule has 0 bridgehead atoms. The van der Waals surface area contributed by atoms with Crippen molar-refractivity contribution in [3.8, 4) is 0 Å². The highest BCUT2D eigenvalue weighted by Crippen LogP contribution is 2.26. The summed E-state index contributed by atoms with van der Waals surface area (Å²) in [5.41, 5.74) is 2.91. The van der Waals surface area contributed by atoms with Crippen molar-refractivity contribution < 1.29 is 18.0 Å². The highest BCUT2D eigenvalue weighted by molar-refractivity contribution is 9.10. The molecule has 0 aromatic heterocycles. The quantitative estimate of drug-likeness (QED) is 0.259. The molecule has 40 heavy (non-hydrogen) atoms. The molecule has 3 aromatic rings. The molecule has 0 heterocycles. The van der Waals surface area contributed by atoms with Gasteiger partial charge in [0, 0.05) is 28.0 Å². The molecule has 0 spiro atoms. The molecule has 0 radical (unpaired) electrons. The number of amides is 2. The maximum Gasteiger partial charge on any atom is 0.244 e. The minimum absolute atomic E-state index is 0.0909. The number of hydrogen-bond donors (Lipinski definition) is 1. The van der Waals surface area contributed by atoms with Gasteiger partial charge in [-0.2, -0.15) is 0 Å². The molecule has 0 fully saturated rings. The number of benzene rings is 3. The number of rotatable bonds is 12. The monoisotopic (exact) mass is 691 g/mol. The maximum atomic E-state index is 14.1. The molecule has 3 aromatic carbocycles. The van der Waals surface area contributed by atoms with Crippen LogP contribution in [0.4, 0.5) is 5.69 Å². The summed E-state index contributed by atoms with van der Waals surface area (Å²) in [6.07, 6.45) is 2.08. The Labute approximate surface area is 254 Å². The molecule has 0 unspecified atom stereocenters. The van der Waals surface area contributed by atoms with Crippen molar-refractivity contribution in [2.75, 3.05) is 17.1 Å². The molecular weight excluding hydrogens is 658 g/mol. The lowest BCUT2D eigenvalue weighted by Crippen LogP contribution is -2.54. The van der Waals surface area contributed by atoms with Gasteiger partial charge in [0.25, 0.3) is 0 Å². The van der Waals surface area contributed by atoms with Crippen molar-refractivity contribution in [3.05, 3.63) is 98.4 Å². The van der Waals surface area contributed by atoms with E-state index < -0.39 is 28.5 Å². The zero-order valence-electron chi connectivity index (χ0n) is 23.1. The lowest BCUT2D eigenvalue weighted by molar-refractivity contribution is -0.140. The molecule has 0 aliphatic heterocycles. The predicted molar refractivity (Wildman–Crippen MR) is 168 cm³/mol. The first-order chi connectivity index (χ1) is 18.9. The Morgan fingerprint density at radius 2 is 1.62 bits per heavy atom. The second-order valence-electron chi connectivity index (χ2n) is 9.88. The molecular formula is C30H35Br2N3O4S. The summed E-state index contributed by atoms with van der Waals surface area (Å²) in [7, 11) is -3.82. The molecule has 2 atom stereocenters. The second-order valence-corrected chi connectivity index (χ2v) is 13.6. The summed E-state index contributed by atoms with van der Waals surface area (Å²) in [6.45, 7) is 5.42. The van der Waals surface area contributed by atoms with Crippen LogP contribution in [-0.4, -0.2) is 50.0 Å². The average molecular weight is 694 g/mol. The van der Waals surface area contributed by atoms with E-state index in [1.165, 1.54) is 4.90 Å². The van der Waals surface area contributed by atoms with E-state index in [9.17, 15) is 18.0 Å². The highest BCUT2D eigenvalue weighted by atomic mass is 79.9. The van der Waals surface area contributed by atoms with Crippen molar-refractivity contribution in [2.24, 2.45) is 0 Å². The Kier molecular flexibility index (Phi) is 11.4. The van der Waals surface area contributed by atoms with Crippen LogP contribution >= 0.6 is 31.9 Å². The number of carbonyl (C=O) groups excluding carboxylic acids is 2. The van der Waals surface area contributed by atoms with Crippen LogP contribution in [0.2, 0.25) is 0 Å². The lowest BCUT2D eigenvalue weighted by Gasteiger charge is -2.34. The first kappa shape index (κ1) is 31.8. The molecule has 0 aliphatic carbocycles. The number of sulfonamides is 1. The predicted octanol–water partition coefficient (Wildman–Crippen LogP) is 5.84. The molecule has 1 N–H and O–H groups in total. The van der Waals surface area contributed by atoms with Gasteiger partial charge in [0.1, 0.15) is 12.6 Å². The highest BCUT2D eigenvalue weighted by Gasteiger charge is 2.33. The zero-order chi connectivity index (χ0) is 29.4. The van der Waals surface area contributed by atoms with Crippen LogP contribution in [0, 0.1) is 6.92 Å². The number of nitrogens with zero attached hydrogens (tertiary/aromatic N) is 2. The fourth-order valence-electron chi connectivity index (χ4n) is 4.22. The summed E-state index contributed by atoms with van der Waals surface area (Å²) in [5, 5.41) is 3.03. The fourth-order valence-corrected chi connectivity index (χ4v) is 5.76. The van der Waals surface area contributed by atoms with Crippen molar-refractivity contribution in [2.45, 2.75) is 52.2 Å². The van der Waals surface area contributed by atoms with Crippen LogP contribution in [0.25, 0.3) is 0 Å². The third-order valence-corrected chi connectivity index (χ3v) is 9.15. The van der Waals surface area contributed by atoms with E-state index in [4.69, 9.17) is 0 Å². The number of anilines is 1. The van der Waals surface area contributed by atoms with Gasteiger partial charge in [-0.25, -0.2) is 8.42 Å². The van der Waals surface area contributed by atoms with Gasteiger partial charge in [-0.05, 0) is 67.3 Å². The van der Waals surface area contributed by atoms with Gasteiger partial charge in [0.15, 0.2) is 0 Å². The van der Waals surface area contributed by atoms with Gasteiger partial charge in [-0.15, -0.1) is 0 Å². The van der Waals surface area contributed by atoms with E-state index in [0.717, 1.165) is 42.6 Å². The number of halogens is 2. The SMILES string of the molecule is CC[C@H](C)NC(=O)[C@H](Cc1ccccc1)N(Cc1cccc(Br)c1)C(=O)CN(c1ccc(Br)c(C)c1)S(C)(=O)=O. The van der Waals surface area contributed by atoms with Gasteiger partial charge in [0.05, 0.1) is 11.9 Å². The Morgan fingerprint density at radius 3 is 2.23 bits per heavy atom. The zero-order valence-corrected chi connectivity index (χ0v) is 27.1. The normalized spacial score (nSPS) is 12.8. The molecule has 3 rings (SSSR count). The minimum atomic E-state index is -3.82. The lowest BCUT2D eigenvalue weighted by atomic mass is 10.0. The van der Waals surface area contributed by atoms with Crippen LogP contribution in [0.3, 0.4) is 0 Å². The van der Waals surface area contributed by atoms with E-state index in [2.05, 4.69) is 37.2 Å². The van der Waals surface area contributed by atoms with Gasteiger partial charge < -0.3 is 10.2 Å². The molecule has 214 valence electrons. The van der Waals surface area contributed by atoms with Crippen LogP contribution < -0.4 is 9.62 Å². The van der Waals surface area contributed by atoms with Crippen molar-refractivity contribution >= 4 is 59.4 Å². The van der Waals surface area contributed by atoms with Gasteiger partial charge in [-0.3, -0.25) is 13.9 Å². The molecule has 0 aliphatic rings. The number of carbonyl (C=O) groups is 2. The van der Waals surface area contributed by atoms with Crippen molar-refractivity contribution in [1.29, 1.82) is 0 Å². The number of hydrogen-bond acceptors (Lipinski definition) is 4. The maximum absolute atomic E-state index is 14.1. The Bertz CT molecular complexity index is 1430. The Morgan fingerprint density at radius 1 is 0.950 bits per heavy atom. The van der Waals surface area contributed by atoms with Crippen LogP contribution in [0.1, 0.15) is 37.0 Å². The first-order valence-corrected chi connectivity index (χ1v) is 16.4. The average Bonchev–Trinajstić information content (AvgIpc) is 2.90. The molecule has 0 saturated carbocycles. The summed E-state index contributed by atoms with van der Waals surface area (Å²) in [5.74, 6) is -0.766. The van der Waals surface area contributed by atoms with Crippen LogP contribution in [-0.2, 0) is 32.6 Å². The molecule has 2 amide bonds. The number of nitrogens with one attached hydrogen (secondary N) is 1. The van der Waals surface area contributed by atoms with Gasteiger partial charge in [-0.1, -0.05) is 81.2 Å². The Balaban J connectivity index is 2.07. The fraction of sp³-hybridized carbons (Fsp3) is 0.333. The third kappa shape index (κ3) is 8.91. The molecule has 10 heteroatoms. The largest absolute Gasteiger partial charge is 0.352 e. The summed E-state index contributed by atoms with van der Waals surface area (Å²) < 4.78 is 28.6. The van der Waals surface area contributed by atoms with E-state index in [0.29, 0.717) is 5.69 Å². The summed E-state index contributed by atoms with van der Waals surface area (Å²) >= 11 is 6.93. The first-order valence-electron chi connectivity index (χ1n) is 13.0. The molecule has 7 nitrogen and oxygen atoms in total. The third-order valence-electron chi connectivity index (χ3n) is 6.62. The number of aryl methyl sites for hydroxylation is 1. The van der Waals surface area contributed by atoms with Crippen LogP contribution in [0.5, 0.6) is 0 Å². The van der Waals surface area contributed by atoms with Crippen molar-refractivity contribution in [3.63, 3.8) is 0 Å². The van der Waals surface area contributed by atoms with E-state index >= 15 is 0 Å². The Hall–Kier alpha value is -2.69. The smallest absolute Gasteiger partial charge is 0.244 e. The summed E-state index contributed by atoms with van der Waals surface area (Å²) in [6, 6.07) is 21.2. The van der Waals surface area contributed by atoms with Crippen LogP contribution in [0.15, 0.2) is 81.7 Å². The second kappa shape index (κ2) is 14.3. The van der Waals surface area contributed by atoms with E-state index in [-0.39, 0.29) is 24.9 Å². The standard InChI is InChI=1S/C30H35Br2N3O4S/c1-5-22(3)33-30(37)28(18-23-10-7-6-8-11-23)34(19-24-12-9-13-25(31)17-24)29(36)20-35(40(4,38)39)26-14-15-27(32)21(2)16-26/h6-17,22,28H,5,18-20H2,1-4H3,(H,33,37)/t22-,28-/m0/s1. The van der Waals surface area contributed by atoms with E-state index in [1.54, 1.807) is 18.2 Å².